The van der Waals surface area contributed by atoms with Crippen LogP contribution >= 0.6 is 11.6 Å². The molecule has 0 amide bonds. The zero-order chi connectivity index (χ0) is 21.8. The number of imidazole rings is 2. The minimum absolute atomic E-state index is 0.148. The predicted octanol–water partition coefficient (Wildman–Crippen LogP) is 5.95. The van der Waals surface area contributed by atoms with Crippen molar-refractivity contribution in [3.05, 3.63) is 51.6 Å². The largest absolute Gasteiger partial charge is 0.435 e. The normalized spacial score (nSPS) is 18.5. The Balaban J connectivity index is 1.90. The van der Waals surface area contributed by atoms with Gasteiger partial charge in [0.05, 0.1) is 11.4 Å². The molecule has 1 saturated heterocycles. The smallest absolute Gasteiger partial charge is 0.297 e. The molecule has 0 radical (unpaired) electrons. The van der Waals surface area contributed by atoms with Crippen molar-refractivity contribution in [2.24, 2.45) is 5.92 Å². The van der Waals surface area contributed by atoms with Crippen LogP contribution in [0, 0.1) is 26.7 Å². The summed E-state index contributed by atoms with van der Waals surface area (Å²) in [6.45, 7) is 9.78. The van der Waals surface area contributed by atoms with Gasteiger partial charge in [0, 0.05) is 19.3 Å². The number of halogens is 4. The number of hydrogen-bond acceptors (Lipinski definition) is 2. The van der Waals surface area contributed by atoms with Gasteiger partial charge in [-0.3, -0.25) is 13.9 Å². The molecule has 4 nitrogen and oxygen atoms in total. The van der Waals surface area contributed by atoms with Crippen molar-refractivity contribution in [3.63, 3.8) is 0 Å². The molecule has 0 N–H and O–H groups in total. The van der Waals surface area contributed by atoms with Crippen LogP contribution in [0.3, 0.4) is 0 Å². The van der Waals surface area contributed by atoms with Gasteiger partial charge < -0.3 is 0 Å². The standard InChI is InChI=1S/C22H26ClF3N4/c1-13-6-5-7-28(10-13)11-17-20(22(24,25)26)27-21-29(17)12-18(23)30(21)19-15(3)8-14(2)9-16(19)4/h8-9,12-13H,5-7,10-11H2,1-4H3. The first-order valence-electron chi connectivity index (χ1n) is 10.2. The van der Waals surface area contributed by atoms with E-state index in [2.05, 4.69) is 16.8 Å². The lowest BCUT2D eigenvalue weighted by molar-refractivity contribution is -0.141. The summed E-state index contributed by atoms with van der Waals surface area (Å²) < 4.78 is 44.9. The average molecular weight is 439 g/mol. The third-order valence-corrected chi connectivity index (χ3v) is 6.15. The van der Waals surface area contributed by atoms with Crippen LogP contribution in [0.5, 0.6) is 0 Å². The lowest BCUT2D eigenvalue weighted by Gasteiger charge is -2.30. The summed E-state index contributed by atoms with van der Waals surface area (Å²) in [5.41, 5.74) is 3.06. The van der Waals surface area contributed by atoms with Crippen molar-refractivity contribution >= 4 is 17.4 Å². The molecule has 30 heavy (non-hydrogen) atoms. The Bertz CT molecular complexity index is 1070. The first kappa shape index (κ1) is 21.2. The Hall–Kier alpha value is -1.99. The van der Waals surface area contributed by atoms with Crippen molar-refractivity contribution in [1.29, 1.82) is 0 Å². The summed E-state index contributed by atoms with van der Waals surface area (Å²) in [6.07, 6.45) is -0.870. The average Bonchev–Trinajstić information content (AvgIpc) is 3.11. The number of benzene rings is 1. The monoisotopic (exact) mass is 438 g/mol. The van der Waals surface area contributed by atoms with Gasteiger partial charge in [-0.2, -0.15) is 13.2 Å². The second kappa shape index (κ2) is 7.61. The molecule has 0 spiro atoms. The molecule has 0 aliphatic carbocycles. The fourth-order valence-electron chi connectivity index (χ4n) is 4.76. The van der Waals surface area contributed by atoms with Crippen molar-refractivity contribution in [2.75, 3.05) is 13.1 Å². The summed E-state index contributed by atoms with van der Waals surface area (Å²) in [6, 6.07) is 4.00. The molecule has 1 aliphatic rings. The molecule has 3 heterocycles. The molecule has 162 valence electrons. The Morgan fingerprint density at radius 1 is 1.17 bits per heavy atom. The molecule has 8 heteroatoms. The van der Waals surface area contributed by atoms with Gasteiger partial charge in [0.15, 0.2) is 5.69 Å². The number of rotatable bonds is 3. The van der Waals surface area contributed by atoms with Gasteiger partial charge in [0.25, 0.3) is 0 Å². The van der Waals surface area contributed by atoms with Crippen LogP contribution in [0.25, 0.3) is 11.5 Å². The summed E-state index contributed by atoms with van der Waals surface area (Å²) in [4.78, 5) is 6.14. The maximum atomic E-state index is 13.9. The lowest BCUT2D eigenvalue weighted by Crippen LogP contribution is -2.34. The van der Waals surface area contributed by atoms with E-state index in [1.807, 2.05) is 32.9 Å². The van der Waals surface area contributed by atoms with E-state index in [0.717, 1.165) is 48.3 Å². The van der Waals surface area contributed by atoms with E-state index in [-0.39, 0.29) is 18.0 Å². The Morgan fingerprint density at radius 2 is 1.83 bits per heavy atom. The summed E-state index contributed by atoms with van der Waals surface area (Å²) in [5.74, 6) is 0.671. The van der Waals surface area contributed by atoms with Crippen LogP contribution in [0.1, 0.15) is 47.8 Å². The zero-order valence-electron chi connectivity index (χ0n) is 17.6. The molecule has 1 atom stereocenters. The number of aromatic nitrogens is 3. The van der Waals surface area contributed by atoms with Gasteiger partial charge in [-0.25, -0.2) is 4.98 Å². The van der Waals surface area contributed by atoms with Crippen LogP contribution in [0.15, 0.2) is 18.3 Å². The number of hydrogen-bond donors (Lipinski definition) is 0. The van der Waals surface area contributed by atoms with Crippen LogP contribution in [0.4, 0.5) is 13.2 Å². The molecule has 1 aliphatic heterocycles. The van der Waals surface area contributed by atoms with Crippen LogP contribution in [-0.4, -0.2) is 31.9 Å². The van der Waals surface area contributed by atoms with Crippen molar-refractivity contribution in [1.82, 2.24) is 18.9 Å². The molecular formula is C22H26ClF3N4. The van der Waals surface area contributed by atoms with E-state index in [9.17, 15) is 13.2 Å². The second-order valence-electron chi connectivity index (χ2n) is 8.59. The molecule has 1 fully saturated rings. The molecule has 1 aromatic carbocycles. The molecule has 1 unspecified atom stereocenters. The van der Waals surface area contributed by atoms with E-state index in [1.165, 1.54) is 4.40 Å². The van der Waals surface area contributed by atoms with Gasteiger partial charge in [-0.05, 0) is 57.2 Å². The van der Waals surface area contributed by atoms with E-state index in [0.29, 0.717) is 11.1 Å². The Kier molecular flexibility index (Phi) is 5.39. The number of likely N-dealkylation sites (tertiary alicyclic amines) is 1. The summed E-state index contributed by atoms with van der Waals surface area (Å²) in [5, 5.41) is 0.342. The summed E-state index contributed by atoms with van der Waals surface area (Å²) >= 11 is 6.54. The van der Waals surface area contributed by atoms with Gasteiger partial charge in [-0.15, -0.1) is 0 Å². The Morgan fingerprint density at radius 3 is 2.43 bits per heavy atom. The SMILES string of the molecule is Cc1cc(C)c(-n2c(Cl)cn3c(CN4CCCC(C)C4)c(C(F)(F)F)nc23)c(C)c1. The molecule has 0 bridgehead atoms. The minimum atomic E-state index is -4.53. The van der Waals surface area contributed by atoms with E-state index in [4.69, 9.17) is 11.6 Å². The second-order valence-corrected chi connectivity index (χ2v) is 8.98. The van der Waals surface area contributed by atoms with Crippen LogP contribution in [-0.2, 0) is 12.7 Å². The van der Waals surface area contributed by atoms with E-state index < -0.39 is 11.9 Å². The van der Waals surface area contributed by atoms with Gasteiger partial charge >= 0.3 is 6.18 Å². The predicted molar refractivity (Wildman–Crippen MR) is 112 cm³/mol. The topological polar surface area (TPSA) is 25.5 Å². The van der Waals surface area contributed by atoms with Crippen molar-refractivity contribution < 1.29 is 13.2 Å². The number of fused-ring (bicyclic) bond motifs is 1. The number of aryl methyl sites for hydroxylation is 3. The highest BCUT2D eigenvalue weighted by Crippen LogP contribution is 2.36. The number of piperidine rings is 1. The van der Waals surface area contributed by atoms with Crippen LogP contribution < -0.4 is 0 Å². The fourth-order valence-corrected chi connectivity index (χ4v) is 5.02. The summed E-state index contributed by atoms with van der Waals surface area (Å²) in [7, 11) is 0. The highest BCUT2D eigenvalue weighted by atomic mass is 35.5. The zero-order valence-corrected chi connectivity index (χ0v) is 18.4. The van der Waals surface area contributed by atoms with Crippen molar-refractivity contribution in [2.45, 2.75) is 53.3 Å². The van der Waals surface area contributed by atoms with Gasteiger partial charge in [0.1, 0.15) is 5.15 Å². The maximum Gasteiger partial charge on any atom is 0.435 e. The van der Waals surface area contributed by atoms with E-state index in [1.54, 1.807) is 10.8 Å². The number of alkyl halides is 3. The maximum absolute atomic E-state index is 13.9. The molecule has 3 aromatic rings. The third kappa shape index (κ3) is 3.73. The van der Waals surface area contributed by atoms with Crippen molar-refractivity contribution in [3.8, 4) is 5.69 Å². The van der Waals surface area contributed by atoms with Gasteiger partial charge in [0.2, 0.25) is 5.78 Å². The lowest BCUT2D eigenvalue weighted by atomic mass is 10.0. The molecule has 4 rings (SSSR count). The van der Waals surface area contributed by atoms with Crippen LogP contribution in [0.2, 0.25) is 5.15 Å². The van der Waals surface area contributed by atoms with E-state index >= 15 is 0 Å². The first-order chi connectivity index (χ1) is 14.1. The molecular weight excluding hydrogens is 413 g/mol. The van der Waals surface area contributed by atoms with Gasteiger partial charge in [-0.1, -0.05) is 36.2 Å². The highest BCUT2D eigenvalue weighted by Gasteiger charge is 2.39. The third-order valence-electron chi connectivity index (χ3n) is 5.88. The molecule has 0 saturated carbocycles. The number of nitrogens with zero attached hydrogens (tertiary/aromatic N) is 4. The highest BCUT2D eigenvalue weighted by molar-refractivity contribution is 6.30. The first-order valence-corrected chi connectivity index (χ1v) is 10.6. The molecule has 2 aromatic heterocycles. The minimum Gasteiger partial charge on any atom is -0.297 e. The quantitative estimate of drug-likeness (QED) is 0.504. The Labute approximate surface area is 179 Å². The fraction of sp³-hybridized carbons (Fsp3) is 0.500.